The molecule has 0 spiro atoms. The summed E-state index contributed by atoms with van der Waals surface area (Å²) in [4.78, 5) is 23.5. The van der Waals surface area contributed by atoms with Crippen LogP contribution < -0.4 is 10.1 Å². The van der Waals surface area contributed by atoms with Gasteiger partial charge in [-0.2, -0.15) is 0 Å². The fraction of sp³-hybridized carbons (Fsp3) is 0.300. The molecule has 0 amide bonds. The van der Waals surface area contributed by atoms with Crippen LogP contribution in [0.15, 0.2) is 54.6 Å². The van der Waals surface area contributed by atoms with E-state index in [0.717, 1.165) is 0 Å². The molecule has 0 radical (unpaired) electrons. The van der Waals surface area contributed by atoms with Gasteiger partial charge in [0.25, 0.3) is 0 Å². The van der Waals surface area contributed by atoms with Crippen LogP contribution in [-0.4, -0.2) is 38.3 Å². The summed E-state index contributed by atoms with van der Waals surface area (Å²) in [6, 6.07) is 16.3. The van der Waals surface area contributed by atoms with Crippen LogP contribution in [0.1, 0.15) is 23.7 Å². The van der Waals surface area contributed by atoms with E-state index in [-0.39, 0.29) is 19.0 Å². The quantitative estimate of drug-likeness (QED) is 0.694. The van der Waals surface area contributed by atoms with Crippen LogP contribution in [0.4, 0.5) is 5.69 Å². The minimum Gasteiger partial charge on any atom is -0.490 e. The lowest BCUT2D eigenvalue weighted by Gasteiger charge is -2.20. The van der Waals surface area contributed by atoms with Crippen molar-refractivity contribution in [1.29, 1.82) is 0 Å². The van der Waals surface area contributed by atoms with Crippen molar-refractivity contribution in [2.45, 2.75) is 19.4 Å². The molecule has 2 aromatic carbocycles. The molecule has 0 fully saturated rings. The van der Waals surface area contributed by atoms with Gasteiger partial charge in [-0.15, -0.1) is 0 Å². The minimum atomic E-state index is -0.506. The number of esters is 2. The summed E-state index contributed by atoms with van der Waals surface area (Å²) in [7, 11) is 1.33. The molecule has 0 saturated heterocycles. The molecule has 0 saturated carbocycles. The molecule has 26 heavy (non-hydrogen) atoms. The van der Waals surface area contributed by atoms with Crippen molar-refractivity contribution < 1.29 is 23.8 Å². The Morgan fingerprint density at radius 3 is 2.42 bits per heavy atom. The van der Waals surface area contributed by atoms with Crippen LogP contribution in [0.5, 0.6) is 5.75 Å². The Morgan fingerprint density at radius 1 is 1.04 bits per heavy atom. The summed E-state index contributed by atoms with van der Waals surface area (Å²) < 4.78 is 15.9. The molecular weight excluding hydrogens is 334 g/mol. The molecule has 2 aromatic rings. The molecule has 1 atom stereocenters. The predicted molar refractivity (Wildman–Crippen MR) is 98.4 cm³/mol. The predicted octanol–water partition coefficient (Wildman–Crippen LogP) is 3.29. The fourth-order valence-corrected chi connectivity index (χ4v) is 2.26. The molecule has 0 heterocycles. The highest BCUT2D eigenvalue weighted by Gasteiger charge is 2.17. The number of benzene rings is 2. The Balaban J connectivity index is 2.02. The average molecular weight is 357 g/mol. The second-order valence-electron chi connectivity index (χ2n) is 5.51. The van der Waals surface area contributed by atoms with Gasteiger partial charge < -0.3 is 19.5 Å². The van der Waals surface area contributed by atoms with Gasteiger partial charge in [0.15, 0.2) is 6.10 Å². The van der Waals surface area contributed by atoms with E-state index < -0.39 is 12.1 Å². The molecule has 1 N–H and O–H groups in total. The van der Waals surface area contributed by atoms with E-state index in [0.29, 0.717) is 23.5 Å². The minimum absolute atomic E-state index is 0.198. The fourth-order valence-electron chi connectivity index (χ4n) is 2.26. The van der Waals surface area contributed by atoms with Gasteiger partial charge in [-0.3, -0.25) is 4.79 Å². The summed E-state index contributed by atoms with van der Waals surface area (Å²) >= 11 is 0. The second-order valence-corrected chi connectivity index (χ2v) is 5.51. The number of nitrogens with one attached hydrogen (secondary N) is 1. The lowest BCUT2D eigenvalue weighted by molar-refractivity contribution is -0.149. The summed E-state index contributed by atoms with van der Waals surface area (Å²) in [6.07, 6.45) is -0.228. The zero-order chi connectivity index (χ0) is 18.8. The zero-order valence-electron chi connectivity index (χ0n) is 14.9. The Morgan fingerprint density at radius 2 is 1.73 bits per heavy atom. The maximum atomic E-state index is 11.8. The van der Waals surface area contributed by atoms with E-state index in [4.69, 9.17) is 14.2 Å². The van der Waals surface area contributed by atoms with Gasteiger partial charge in [0.2, 0.25) is 0 Å². The van der Waals surface area contributed by atoms with E-state index in [9.17, 15) is 9.59 Å². The first-order valence-corrected chi connectivity index (χ1v) is 8.42. The van der Waals surface area contributed by atoms with Crippen LogP contribution in [0, 0.1) is 0 Å². The summed E-state index contributed by atoms with van der Waals surface area (Å²) in [6.45, 7) is 2.23. The largest absolute Gasteiger partial charge is 0.490 e. The van der Waals surface area contributed by atoms with E-state index >= 15 is 0 Å². The monoisotopic (exact) mass is 357 g/mol. The molecule has 6 heteroatoms. The number of ether oxygens (including phenoxy) is 3. The van der Waals surface area contributed by atoms with Crippen molar-refractivity contribution in [3.63, 3.8) is 0 Å². The highest BCUT2D eigenvalue weighted by atomic mass is 16.6. The van der Waals surface area contributed by atoms with Crippen LogP contribution >= 0.6 is 0 Å². The summed E-state index contributed by atoms with van der Waals surface area (Å²) in [5.74, 6) is -0.0505. The van der Waals surface area contributed by atoms with Crippen molar-refractivity contribution in [2.24, 2.45) is 0 Å². The third-order valence-corrected chi connectivity index (χ3v) is 3.62. The first-order chi connectivity index (χ1) is 12.6. The smallest absolute Gasteiger partial charge is 0.339 e. The third kappa shape index (κ3) is 5.81. The van der Waals surface area contributed by atoms with Crippen molar-refractivity contribution in [3.8, 4) is 5.75 Å². The molecule has 0 aliphatic carbocycles. The standard InChI is InChI=1S/C20H23NO5/c1-3-19(22)26-16(14-25-15-9-5-4-6-10-15)13-21-18-12-8-7-11-17(18)20(23)24-2/h4-12,16,21H,3,13-14H2,1-2H3. The molecule has 0 aromatic heterocycles. The Bertz CT molecular complexity index is 717. The van der Waals surface area contributed by atoms with Gasteiger partial charge in [-0.25, -0.2) is 4.79 Å². The number of hydrogen-bond donors (Lipinski definition) is 1. The topological polar surface area (TPSA) is 73.9 Å². The van der Waals surface area contributed by atoms with Gasteiger partial charge in [0, 0.05) is 12.1 Å². The number of carbonyl (C=O) groups is 2. The first kappa shape index (κ1) is 19.3. The van der Waals surface area contributed by atoms with Gasteiger partial charge in [-0.05, 0) is 24.3 Å². The Hall–Kier alpha value is -3.02. The van der Waals surface area contributed by atoms with Gasteiger partial charge in [0.05, 0.1) is 19.2 Å². The molecule has 6 nitrogen and oxygen atoms in total. The lowest BCUT2D eigenvalue weighted by atomic mass is 10.1. The molecule has 0 bridgehead atoms. The first-order valence-electron chi connectivity index (χ1n) is 8.42. The highest BCUT2D eigenvalue weighted by Crippen LogP contribution is 2.17. The van der Waals surface area contributed by atoms with Crippen LogP contribution in [0.3, 0.4) is 0 Å². The number of anilines is 1. The maximum Gasteiger partial charge on any atom is 0.339 e. The van der Waals surface area contributed by atoms with E-state index in [2.05, 4.69) is 5.32 Å². The van der Waals surface area contributed by atoms with E-state index in [1.165, 1.54) is 7.11 Å². The zero-order valence-corrected chi connectivity index (χ0v) is 14.9. The maximum absolute atomic E-state index is 11.8. The van der Waals surface area contributed by atoms with Gasteiger partial charge in [-0.1, -0.05) is 37.3 Å². The van der Waals surface area contributed by atoms with E-state index in [1.807, 2.05) is 36.4 Å². The third-order valence-electron chi connectivity index (χ3n) is 3.62. The number of hydrogen-bond acceptors (Lipinski definition) is 6. The van der Waals surface area contributed by atoms with Crippen molar-refractivity contribution in [1.82, 2.24) is 0 Å². The lowest BCUT2D eigenvalue weighted by Crippen LogP contribution is -2.32. The van der Waals surface area contributed by atoms with Crippen LogP contribution in [0.25, 0.3) is 0 Å². The molecule has 138 valence electrons. The normalized spacial score (nSPS) is 11.3. The summed E-state index contributed by atoms with van der Waals surface area (Å²) in [5.41, 5.74) is 1.02. The number of carbonyl (C=O) groups excluding carboxylic acids is 2. The number of rotatable bonds is 9. The Labute approximate surface area is 153 Å². The van der Waals surface area contributed by atoms with Crippen molar-refractivity contribution in [2.75, 3.05) is 25.6 Å². The van der Waals surface area contributed by atoms with Crippen LogP contribution in [-0.2, 0) is 14.3 Å². The number of para-hydroxylation sites is 2. The molecule has 1 unspecified atom stereocenters. The van der Waals surface area contributed by atoms with Crippen molar-refractivity contribution >= 4 is 17.6 Å². The molecule has 0 aliphatic rings. The molecular formula is C20H23NO5. The second kappa shape index (κ2) is 10.1. The number of methoxy groups -OCH3 is 1. The molecule has 0 aliphatic heterocycles. The van der Waals surface area contributed by atoms with Gasteiger partial charge >= 0.3 is 11.9 Å². The summed E-state index contributed by atoms with van der Waals surface area (Å²) in [5, 5.41) is 3.14. The van der Waals surface area contributed by atoms with Crippen LogP contribution in [0.2, 0.25) is 0 Å². The molecule has 2 rings (SSSR count). The van der Waals surface area contributed by atoms with Gasteiger partial charge in [0.1, 0.15) is 12.4 Å². The van der Waals surface area contributed by atoms with E-state index in [1.54, 1.807) is 25.1 Å². The van der Waals surface area contributed by atoms with Crippen molar-refractivity contribution in [3.05, 3.63) is 60.2 Å². The average Bonchev–Trinajstić information content (AvgIpc) is 2.70. The SMILES string of the molecule is CCC(=O)OC(CNc1ccccc1C(=O)OC)COc1ccccc1. The highest BCUT2D eigenvalue weighted by molar-refractivity contribution is 5.95. The Kier molecular flexibility index (Phi) is 7.49.